The first kappa shape index (κ1) is 13.6. The molecule has 0 saturated heterocycles. The van der Waals surface area contributed by atoms with Crippen LogP contribution in [0.25, 0.3) is 0 Å². The van der Waals surface area contributed by atoms with Gasteiger partial charge in [-0.25, -0.2) is 0 Å². The number of ether oxygens (including phenoxy) is 2. The molecule has 1 aromatic rings. The topological polar surface area (TPSA) is 99.4 Å². The second kappa shape index (κ2) is 5.72. The van der Waals surface area contributed by atoms with Crippen molar-refractivity contribution in [2.45, 2.75) is 12.2 Å². The minimum atomic E-state index is -1.31. The minimum absolute atomic E-state index is 0.114. The zero-order valence-electron chi connectivity index (χ0n) is 9.62. The predicted octanol–water partition coefficient (Wildman–Crippen LogP) is -0.204. The van der Waals surface area contributed by atoms with Crippen molar-refractivity contribution < 1.29 is 29.9 Å². The van der Waals surface area contributed by atoms with Gasteiger partial charge in [-0.05, 0) is 17.7 Å². The molecule has 0 bridgehead atoms. The third-order valence-corrected chi connectivity index (χ3v) is 2.40. The molecular weight excluding hydrogens is 228 g/mol. The van der Waals surface area contributed by atoms with Crippen molar-refractivity contribution in [3.8, 4) is 17.2 Å². The summed E-state index contributed by atoms with van der Waals surface area (Å²) in [5, 5.41) is 37.4. The molecule has 1 aromatic carbocycles. The quantitative estimate of drug-likeness (QED) is 0.572. The molecule has 17 heavy (non-hydrogen) atoms. The molecule has 0 amide bonds. The van der Waals surface area contributed by atoms with Gasteiger partial charge in [-0.2, -0.15) is 0 Å². The Morgan fingerprint density at radius 2 is 1.59 bits per heavy atom. The molecule has 2 atom stereocenters. The van der Waals surface area contributed by atoms with E-state index in [9.17, 15) is 15.3 Å². The summed E-state index contributed by atoms with van der Waals surface area (Å²) in [6.45, 7) is -0.577. The molecule has 0 aliphatic heterocycles. The molecule has 6 heteroatoms. The van der Waals surface area contributed by atoms with Crippen LogP contribution in [0, 0.1) is 0 Å². The van der Waals surface area contributed by atoms with Gasteiger partial charge in [0, 0.05) is 0 Å². The fraction of sp³-hybridized carbons (Fsp3) is 0.455. The molecule has 96 valence electrons. The van der Waals surface area contributed by atoms with E-state index in [1.54, 1.807) is 0 Å². The summed E-state index contributed by atoms with van der Waals surface area (Å²) in [5.74, 6) is 0.0384. The van der Waals surface area contributed by atoms with E-state index in [1.807, 2.05) is 0 Å². The first-order valence-corrected chi connectivity index (χ1v) is 4.97. The van der Waals surface area contributed by atoms with E-state index in [1.165, 1.54) is 26.4 Å². The maximum Gasteiger partial charge on any atom is 0.200 e. The molecule has 4 N–H and O–H groups in total. The summed E-state index contributed by atoms with van der Waals surface area (Å²) in [7, 11) is 2.71. The Hall–Kier alpha value is -1.50. The van der Waals surface area contributed by atoms with Gasteiger partial charge in [0.25, 0.3) is 0 Å². The number of methoxy groups -OCH3 is 2. The van der Waals surface area contributed by atoms with Crippen LogP contribution in [0.5, 0.6) is 17.2 Å². The van der Waals surface area contributed by atoms with Gasteiger partial charge < -0.3 is 29.9 Å². The summed E-state index contributed by atoms with van der Waals surface area (Å²) in [5.41, 5.74) is 0.276. The summed E-state index contributed by atoms with van der Waals surface area (Å²) in [6.07, 6.45) is -2.60. The third kappa shape index (κ3) is 2.79. The smallest absolute Gasteiger partial charge is 0.200 e. The van der Waals surface area contributed by atoms with Crippen molar-refractivity contribution in [3.05, 3.63) is 17.7 Å². The van der Waals surface area contributed by atoms with Crippen molar-refractivity contribution in [1.29, 1.82) is 0 Å². The van der Waals surface area contributed by atoms with E-state index in [0.717, 1.165) is 0 Å². The van der Waals surface area contributed by atoms with Crippen molar-refractivity contribution in [3.63, 3.8) is 0 Å². The highest BCUT2D eigenvalue weighted by atomic mass is 16.5. The lowest BCUT2D eigenvalue weighted by atomic mass is 10.0. The van der Waals surface area contributed by atoms with Crippen molar-refractivity contribution >= 4 is 0 Å². The third-order valence-electron chi connectivity index (χ3n) is 2.40. The summed E-state index contributed by atoms with van der Waals surface area (Å²) < 4.78 is 9.81. The molecule has 1 rings (SSSR count). The highest BCUT2D eigenvalue weighted by Gasteiger charge is 2.21. The van der Waals surface area contributed by atoms with Crippen LogP contribution >= 0.6 is 0 Å². The van der Waals surface area contributed by atoms with Crippen molar-refractivity contribution in [1.82, 2.24) is 0 Å². The summed E-state index contributed by atoms with van der Waals surface area (Å²) in [4.78, 5) is 0. The Morgan fingerprint density at radius 1 is 1.12 bits per heavy atom. The lowest BCUT2D eigenvalue weighted by molar-refractivity contribution is -0.0154. The number of rotatable bonds is 5. The molecular formula is C11H16O6. The standard InChI is InChI=1S/C11H16O6/c1-16-8-3-6(10(14)7(13)5-12)4-9(17-2)11(8)15/h3-4,7,10,12-15H,5H2,1-2H3/t7-,10-/m0/s1. The fourth-order valence-corrected chi connectivity index (χ4v) is 1.41. The van der Waals surface area contributed by atoms with Crippen LogP contribution < -0.4 is 9.47 Å². The molecule has 0 fully saturated rings. The minimum Gasteiger partial charge on any atom is -0.502 e. The first-order chi connectivity index (χ1) is 8.04. The highest BCUT2D eigenvalue weighted by Crippen LogP contribution is 2.39. The van der Waals surface area contributed by atoms with Crippen LogP contribution in [0.4, 0.5) is 0 Å². The van der Waals surface area contributed by atoms with Gasteiger partial charge in [0.15, 0.2) is 11.5 Å². The molecule has 0 unspecified atom stereocenters. The van der Waals surface area contributed by atoms with E-state index in [4.69, 9.17) is 14.6 Å². The Bertz CT molecular complexity index is 353. The summed E-state index contributed by atoms with van der Waals surface area (Å²) in [6, 6.07) is 2.72. The molecule has 0 saturated carbocycles. The lowest BCUT2D eigenvalue weighted by Crippen LogP contribution is -2.22. The lowest BCUT2D eigenvalue weighted by Gasteiger charge is -2.18. The Labute approximate surface area is 98.7 Å². The molecule has 0 heterocycles. The van der Waals surface area contributed by atoms with Gasteiger partial charge in [-0.3, -0.25) is 0 Å². The normalized spacial score (nSPS) is 14.2. The molecule has 0 radical (unpaired) electrons. The second-order valence-electron chi connectivity index (χ2n) is 3.47. The van der Waals surface area contributed by atoms with E-state index >= 15 is 0 Å². The van der Waals surface area contributed by atoms with Gasteiger partial charge in [0.05, 0.1) is 20.8 Å². The zero-order valence-corrected chi connectivity index (χ0v) is 9.62. The van der Waals surface area contributed by atoms with Gasteiger partial charge in [0.2, 0.25) is 5.75 Å². The van der Waals surface area contributed by atoms with Crippen LogP contribution in [0.2, 0.25) is 0 Å². The predicted molar refractivity (Wildman–Crippen MR) is 59.3 cm³/mol. The van der Waals surface area contributed by atoms with Gasteiger partial charge in [-0.1, -0.05) is 0 Å². The largest absolute Gasteiger partial charge is 0.502 e. The highest BCUT2D eigenvalue weighted by molar-refractivity contribution is 5.53. The maximum absolute atomic E-state index is 9.72. The van der Waals surface area contributed by atoms with E-state index in [2.05, 4.69) is 0 Å². The number of aliphatic hydroxyl groups excluding tert-OH is 3. The van der Waals surface area contributed by atoms with Crippen LogP contribution in [-0.2, 0) is 0 Å². The molecule has 0 aromatic heterocycles. The second-order valence-corrected chi connectivity index (χ2v) is 3.47. The molecule has 0 aliphatic rings. The van der Waals surface area contributed by atoms with E-state index in [0.29, 0.717) is 0 Å². The fourth-order valence-electron chi connectivity index (χ4n) is 1.41. The zero-order chi connectivity index (χ0) is 13.0. The Morgan fingerprint density at radius 3 is 1.94 bits per heavy atom. The van der Waals surface area contributed by atoms with Crippen LogP contribution in [0.15, 0.2) is 12.1 Å². The van der Waals surface area contributed by atoms with Gasteiger partial charge >= 0.3 is 0 Å². The average molecular weight is 244 g/mol. The maximum atomic E-state index is 9.72. The van der Waals surface area contributed by atoms with E-state index < -0.39 is 18.8 Å². The monoisotopic (exact) mass is 244 g/mol. The number of phenolic OH excluding ortho intramolecular Hbond substituents is 1. The first-order valence-electron chi connectivity index (χ1n) is 4.97. The van der Waals surface area contributed by atoms with E-state index in [-0.39, 0.29) is 22.8 Å². The molecule has 0 aliphatic carbocycles. The number of hydrogen-bond donors (Lipinski definition) is 4. The molecule has 6 nitrogen and oxygen atoms in total. The van der Waals surface area contributed by atoms with Crippen LogP contribution in [0.3, 0.4) is 0 Å². The summed E-state index contributed by atoms with van der Waals surface area (Å²) >= 11 is 0. The number of aromatic hydroxyl groups is 1. The van der Waals surface area contributed by atoms with Crippen molar-refractivity contribution in [2.24, 2.45) is 0 Å². The van der Waals surface area contributed by atoms with Gasteiger partial charge in [0.1, 0.15) is 12.2 Å². The van der Waals surface area contributed by atoms with Gasteiger partial charge in [-0.15, -0.1) is 0 Å². The van der Waals surface area contributed by atoms with Crippen LogP contribution in [-0.4, -0.2) is 47.4 Å². The average Bonchev–Trinajstić information content (AvgIpc) is 2.37. The number of hydrogen-bond acceptors (Lipinski definition) is 6. The number of phenols is 1. The number of aliphatic hydroxyl groups is 3. The van der Waals surface area contributed by atoms with Crippen LogP contribution in [0.1, 0.15) is 11.7 Å². The number of benzene rings is 1. The Kier molecular flexibility index (Phi) is 4.56. The SMILES string of the molecule is COc1cc([C@H](O)[C@@H](O)CO)cc(OC)c1O. The Balaban J connectivity index is 3.17. The molecule has 0 spiro atoms. The van der Waals surface area contributed by atoms with Crippen molar-refractivity contribution in [2.75, 3.05) is 20.8 Å².